The van der Waals surface area contributed by atoms with E-state index in [-0.39, 0.29) is 6.54 Å². The minimum atomic E-state index is -2.87. The molecular formula is C15H20F2N2O4. The van der Waals surface area contributed by atoms with Crippen LogP contribution in [0.4, 0.5) is 8.78 Å². The summed E-state index contributed by atoms with van der Waals surface area (Å²) in [7, 11) is 2.97. The lowest BCUT2D eigenvalue weighted by Crippen LogP contribution is -2.41. The highest BCUT2D eigenvalue weighted by Gasteiger charge is 2.42. The summed E-state index contributed by atoms with van der Waals surface area (Å²) in [6.45, 7) is -0.611. The third-order valence-electron chi connectivity index (χ3n) is 3.65. The number of halogens is 2. The zero-order valence-corrected chi connectivity index (χ0v) is 12.9. The van der Waals surface area contributed by atoms with Crippen LogP contribution in [0.25, 0.3) is 0 Å². The van der Waals surface area contributed by atoms with Gasteiger partial charge in [-0.2, -0.15) is 0 Å². The zero-order valence-electron chi connectivity index (χ0n) is 12.9. The third-order valence-corrected chi connectivity index (χ3v) is 3.65. The van der Waals surface area contributed by atoms with Crippen molar-refractivity contribution in [3.63, 3.8) is 0 Å². The first-order valence-corrected chi connectivity index (χ1v) is 7.14. The maximum absolute atomic E-state index is 13.1. The minimum absolute atomic E-state index is 0.0983. The average molecular weight is 330 g/mol. The molecule has 0 radical (unpaired) electrons. The summed E-state index contributed by atoms with van der Waals surface area (Å²) in [5, 5.41) is 15.1. The minimum Gasteiger partial charge on any atom is -0.497 e. The molecule has 0 saturated carbocycles. The number of carbonyl (C=O) groups excluding carboxylic acids is 1. The van der Waals surface area contributed by atoms with Gasteiger partial charge in [0, 0.05) is 19.0 Å². The van der Waals surface area contributed by atoms with Crippen molar-refractivity contribution < 1.29 is 28.2 Å². The van der Waals surface area contributed by atoms with E-state index in [4.69, 9.17) is 9.47 Å². The number of hydrogen-bond acceptors (Lipinski definition) is 5. The third kappa shape index (κ3) is 4.52. The summed E-state index contributed by atoms with van der Waals surface area (Å²) >= 11 is 0. The van der Waals surface area contributed by atoms with Gasteiger partial charge in [-0.25, -0.2) is 8.78 Å². The highest BCUT2D eigenvalue weighted by atomic mass is 19.3. The van der Waals surface area contributed by atoms with Crippen LogP contribution in [0.2, 0.25) is 0 Å². The van der Waals surface area contributed by atoms with Crippen molar-refractivity contribution in [1.82, 2.24) is 10.6 Å². The van der Waals surface area contributed by atoms with Gasteiger partial charge in [0.15, 0.2) is 0 Å². The fraction of sp³-hybridized carbons (Fsp3) is 0.533. The first-order valence-electron chi connectivity index (χ1n) is 7.14. The first kappa shape index (κ1) is 17.4. The predicted molar refractivity (Wildman–Crippen MR) is 78.9 cm³/mol. The number of nitrogens with one attached hydrogen (secondary N) is 2. The molecule has 0 aliphatic carbocycles. The predicted octanol–water partition coefficient (Wildman–Crippen LogP) is 0.851. The Morgan fingerprint density at radius 1 is 1.39 bits per heavy atom. The standard InChI is InChI=1S/C15H20F2N2O4/c1-22-10-3-9(4-11(5-10)23-2)13(20)7-18-14(21)12-6-15(16,17)8-19-12/h3-5,12-13,19-20H,6-8H2,1-2H3,(H,18,21). The van der Waals surface area contributed by atoms with E-state index in [1.807, 2.05) is 0 Å². The molecule has 1 aliphatic heterocycles. The zero-order chi connectivity index (χ0) is 17.0. The van der Waals surface area contributed by atoms with Crippen molar-refractivity contribution in [2.45, 2.75) is 24.5 Å². The normalized spacial score (nSPS) is 20.8. The van der Waals surface area contributed by atoms with E-state index < -0.39 is 36.9 Å². The molecule has 128 valence electrons. The number of methoxy groups -OCH3 is 2. The van der Waals surface area contributed by atoms with Crippen molar-refractivity contribution in [3.8, 4) is 11.5 Å². The van der Waals surface area contributed by atoms with Crippen LogP contribution in [0.3, 0.4) is 0 Å². The molecule has 2 rings (SSSR count). The van der Waals surface area contributed by atoms with Gasteiger partial charge in [0.05, 0.1) is 32.9 Å². The van der Waals surface area contributed by atoms with Gasteiger partial charge in [-0.05, 0) is 17.7 Å². The van der Waals surface area contributed by atoms with Gasteiger partial charge in [0.1, 0.15) is 11.5 Å². The molecule has 1 amide bonds. The second-order valence-corrected chi connectivity index (χ2v) is 5.40. The molecule has 8 heteroatoms. The second-order valence-electron chi connectivity index (χ2n) is 5.40. The van der Waals surface area contributed by atoms with E-state index >= 15 is 0 Å². The Balaban J connectivity index is 1.94. The molecule has 1 saturated heterocycles. The smallest absolute Gasteiger partial charge is 0.262 e. The number of rotatable bonds is 6. The van der Waals surface area contributed by atoms with E-state index in [1.165, 1.54) is 14.2 Å². The van der Waals surface area contributed by atoms with Gasteiger partial charge < -0.3 is 19.9 Å². The number of ether oxygens (including phenoxy) is 2. The molecule has 3 N–H and O–H groups in total. The van der Waals surface area contributed by atoms with Crippen molar-refractivity contribution in [1.29, 1.82) is 0 Å². The lowest BCUT2D eigenvalue weighted by atomic mass is 10.1. The van der Waals surface area contributed by atoms with Gasteiger partial charge >= 0.3 is 0 Å². The topological polar surface area (TPSA) is 79.8 Å². The van der Waals surface area contributed by atoms with Crippen LogP contribution in [0.1, 0.15) is 18.1 Å². The fourth-order valence-corrected chi connectivity index (χ4v) is 2.36. The number of amides is 1. The first-order chi connectivity index (χ1) is 10.8. The van der Waals surface area contributed by atoms with Gasteiger partial charge in [0.2, 0.25) is 5.91 Å². The number of carbonyl (C=O) groups is 1. The molecule has 1 heterocycles. The van der Waals surface area contributed by atoms with Crippen LogP contribution in [0.5, 0.6) is 11.5 Å². The van der Waals surface area contributed by atoms with Crippen LogP contribution in [0, 0.1) is 0 Å². The fourth-order valence-electron chi connectivity index (χ4n) is 2.36. The van der Waals surface area contributed by atoms with Crippen molar-refractivity contribution in [3.05, 3.63) is 23.8 Å². The lowest BCUT2D eigenvalue weighted by Gasteiger charge is -2.16. The van der Waals surface area contributed by atoms with Gasteiger partial charge in [-0.1, -0.05) is 0 Å². The summed E-state index contributed by atoms with van der Waals surface area (Å²) in [5.74, 6) is -2.43. The molecule has 0 aromatic heterocycles. The van der Waals surface area contributed by atoms with E-state index in [2.05, 4.69) is 10.6 Å². The maximum Gasteiger partial charge on any atom is 0.262 e. The molecule has 6 nitrogen and oxygen atoms in total. The molecule has 23 heavy (non-hydrogen) atoms. The number of hydrogen-bond donors (Lipinski definition) is 3. The van der Waals surface area contributed by atoms with E-state index in [0.717, 1.165) is 0 Å². The van der Waals surface area contributed by atoms with Crippen LogP contribution in [-0.4, -0.2) is 50.3 Å². The molecule has 1 fully saturated rings. The Morgan fingerprint density at radius 3 is 2.48 bits per heavy atom. The van der Waals surface area contributed by atoms with E-state index in [1.54, 1.807) is 18.2 Å². The molecule has 2 atom stereocenters. The number of aliphatic hydroxyl groups is 1. The van der Waals surface area contributed by atoms with Gasteiger partial charge in [-0.15, -0.1) is 0 Å². The summed E-state index contributed by atoms with van der Waals surface area (Å²) in [6, 6.07) is 3.93. The lowest BCUT2D eigenvalue weighted by molar-refractivity contribution is -0.123. The van der Waals surface area contributed by atoms with Crippen LogP contribution in [0.15, 0.2) is 18.2 Å². The maximum atomic E-state index is 13.1. The molecule has 1 aliphatic rings. The van der Waals surface area contributed by atoms with Crippen molar-refractivity contribution in [2.75, 3.05) is 27.3 Å². The molecule has 2 unspecified atom stereocenters. The Bertz CT molecular complexity index is 546. The monoisotopic (exact) mass is 330 g/mol. The number of aliphatic hydroxyl groups excluding tert-OH is 1. The molecule has 0 spiro atoms. The van der Waals surface area contributed by atoms with Gasteiger partial charge in [-0.3, -0.25) is 10.1 Å². The SMILES string of the molecule is COc1cc(OC)cc(C(O)CNC(=O)C2CC(F)(F)CN2)c1. The highest BCUT2D eigenvalue weighted by molar-refractivity contribution is 5.82. The Kier molecular flexibility index (Phi) is 5.38. The molecule has 1 aromatic rings. The molecule has 0 bridgehead atoms. The number of benzene rings is 1. The van der Waals surface area contributed by atoms with E-state index in [0.29, 0.717) is 17.1 Å². The number of alkyl halides is 2. The Morgan fingerprint density at radius 2 is 2.00 bits per heavy atom. The largest absolute Gasteiger partial charge is 0.497 e. The van der Waals surface area contributed by atoms with Crippen LogP contribution < -0.4 is 20.1 Å². The summed E-state index contributed by atoms with van der Waals surface area (Å²) in [6.07, 6.45) is -1.55. The second kappa shape index (κ2) is 7.10. The highest BCUT2D eigenvalue weighted by Crippen LogP contribution is 2.27. The Labute approximate surface area is 132 Å². The van der Waals surface area contributed by atoms with Crippen LogP contribution in [-0.2, 0) is 4.79 Å². The molecule has 1 aromatic carbocycles. The van der Waals surface area contributed by atoms with Crippen LogP contribution >= 0.6 is 0 Å². The summed E-state index contributed by atoms with van der Waals surface area (Å²) < 4.78 is 36.3. The average Bonchev–Trinajstić information content (AvgIpc) is 2.91. The summed E-state index contributed by atoms with van der Waals surface area (Å²) in [4.78, 5) is 11.8. The van der Waals surface area contributed by atoms with Gasteiger partial charge in [0.25, 0.3) is 5.92 Å². The Hall–Kier alpha value is -1.93. The van der Waals surface area contributed by atoms with Crippen molar-refractivity contribution >= 4 is 5.91 Å². The molecular weight excluding hydrogens is 310 g/mol. The van der Waals surface area contributed by atoms with Crippen molar-refractivity contribution in [2.24, 2.45) is 0 Å². The summed E-state index contributed by atoms with van der Waals surface area (Å²) in [5.41, 5.74) is 0.492. The quantitative estimate of drug-likeness (QED) is 0.721. The van der Waals surface area contributed by atoms with E-state index in [9.17, 15) is 18.7 Å².